The van der Waals surface area contributed by atoms with Gasteiger partial charge >= 0.3 is 5.97 Å². The number of nitrogens with zero attached hydrogens (tertiary/aromatic N) is 1. The third-order valence-corrected chi connectivity index (χ3v) is 7.46. The zero-order valence-corrected chi connectivity index (χ0v) is 20.2. The van der Waals surface area contributed by atoms with Crippen LogP contribution in [0.1, 0.15) is 41.6 Å². The van der Waals surface area contributed by atoms with Gasteiger partial charge in [-0.25, -0.2) is 13.2 Å². The number of carbonyl (C=O) groups excluding carboxylic acids is 2. The molecule has 0 amide bonds. The Hall–Kier alpha value is -3.17. The van der Waals surface area contributed by atoms with Crippen molar-refractivity contribution in [1.82, 2.24) is 4.31 Å². The van der Waals surface area contributed by atoms with Gasteiger partial charge in [0.15, 0.2) is 23.9 Å². The molecule has 3 rings (SSSR count). The van der Waals surface area contributed by atoms with Crippen LogP contribution in [-0.4, -0.2) is 58.4 Å². The van der Waals surface area contributed by atoms with E-state index in [0.717, 1.165) is 25.7 Å². The van der Waals surface area contributed by atoms with Crippen LogP contribution in [-0.2, 0) is 19.6 Å². The van der Waals surface area contributed by atoms with E-state index >= 15 is 0 Å². The summed E-state index contributed by atoms with van der Waals surface area (Å²) >= 11 is 0. The molecule has 0 spiro atoms. The smallest absolute Gasteiger partial charge is 0.331 e. The molecule has 1 saturated heterocycles. The second-order valence-electron chi connectivity index (χ2n) is 7.82. The minimum atomic E-state index is -3.52. The van der Waals surface area contributed by atoms with Gasteiger partial charge in [0.1, 0.15) is 0 Å². The van der Waals surface area contributed by atoms with Gasteiger partial charge in [0.25, 0.3) is 0 Å². The third kappa shape index (κ3) is 6.45. The molecular weight excluding hydrogens is 458 g/mol. The maximum Gasteiger partial charge on any atom is 0.331 e. The lowest BCUT2D eigenvalue weighted by Gasteiger charge is -2.19. The highest BCUT2D eigenvalue weighted by molar-refractivity contribution is 7.89. The summed E-state index contributed by atoms with van der Waals surface area (Å²) in [5.74, 6) is -0.175. The number of Topliss-reactive ketones (excluding diaryl/α,β-unsaturated/α-hetero) is 1. The molecule has 0 bridgehead atoms. The summed E-state index contributed by atoms with van der Waals surface area (Å²) in [6.07, 6.45) is 6.54. The van der Waals surface area contributed by atoms with E-state index in [0.29, 0.717) is 35.7 Å². The maximum atomic E-state index is 12.8. The summed E-state index contributed by atoms with van der Waals surface area (Å²) in [7, 11) is -0.562. The largest absolute Gasteiger partial charge is 0.493 e. The number of hydrogen-bond acceptors (Lipinski definition) is 7. The Balaban J connectivity index is 1.56. The van der Waals surface area contributed by atoms with E-state index in [1.807, 2.05) is 0 Å². The van der Waals surface area contributed by atoms with Crippen molar-refractivity contribution < 1.29 is 32.2 Å². The molecule has 1 aliphatic rings. The Kier molecular flexibility index (Phi) is 8.84. The van der Waals surface area contributed by atoms with Crippen LogP contribution in [0.4, 0.5) is 0 Å². The first-order valence-electron chi connectivity index (χ1n) is 11.1. The number of ketones is 1. The first kappa shape index (κ1) is 25.5. The molecular formula is C25H29NO7S. The normalized spacial score (nSPS) is 15.0. The predicted molar refractivity (Wildman–Crippen MR) is 128 cm³/mol. The average molecular weight is 488 g/mol. The van der Waals surface area contributed by atoms with Crippen LogP contribution in [0.15, 0.2) is 53.4 Å². The Labute approximate surface area is 200 Å². The standard InChI is InChI=1S/C25H29NO7S/c1-31-23-13-10-20(17-24(23)32-2)22(27)18-33-25(28)14-9-19-7-11-21(12-8-19)34(29,30)26-15-5-3-4-6-16-26/h7-14,17H,3-6,15-16,18H2,1-2H3/b14-9+. The minimum absolute atomic E-state index is 0.231. The van der Waals surface area contributed by atoms with Crippen LogP contribution < -0.4 is 9.47 Å². The Bertz CT molecular complexity index is 1130. The number of sulfonamides is 1. The molecule has 182 valence electrons. The molecule has 0 unspecified atom stereocenters. The van der Waals surface area contributed by atoms with Crippen LogP contribution in [0, 0.1) is 0 Å². The fourth-order valence-electron chi connectivity index (χ4n) is 3.62. The van der Waals surface area contributed by atoms with Gasteiger partial charge in [-0.05, 0) is 54.8 Å². The highest BCUT2D eigenvalue weighted by Gasteiger charge is 2.24. The summed E-state index contributed by atoms with van der Waals surface area (Å²) < 4.78 is 42.6. The molecule has 0 N–H and O–H groups in total. The fourth-order valence-corrected chi connectivity index (χ4v) is 5.14. The van der Waals surface area contributed by atoms with Crippen molar-refractivity contribution >= 4 is 27.9 Å². The predicted octanol–water partition coefficient (Wildman–Crippen LogP) is 3.71. The van der Waals surface area contributed by atoms with E-state index in [1.54, 1.807) is 24.3 Å². The molecule has 1 heterocycles. The molecule has 0 saturated carbocycles. The summed E-state index contributed by atoms with van der Waals surface area (Å²) in [6, 6.07) is 11.0. The topological polar surface area (TPSA) is 99.2 Å². The molecule has 2 aromatic rings. The molecule has 34 heavy (non-hydrogen) atoms. The van der Waals surface area contributed by atoms with Crippen molar-refractivity contribution in [3.63, 3.8) is 0 Å². The number of benzene rings is 2. The van der Waals surface area contributed by atoms with Gasteiger partial charge in [0.2, 0.25) is 10.0 Å². The lowest BCUT2D eigenvalue weighted by atomic mass is 10.1. The third-order valence-electron chi connectivity index (χ3n) is 5.55. The number of ether oxygens (including phenoxy) is 3. The summed E-state index contributed by atoms with van der Waals surface area (Å²) in [6.45, 7) is 0.654. The SMILES string of the molecule is COc1ccc(C(=O)COC(=O)/C=C/c2ccc(S(=O)(=O)N3CCCCCC3)cc2)cc1OC. The Morgan fingerprint density at radius 3 is 2.18 bits per heavy atom. The highest BCUT2D eigenvalue weighted by atomic mass is 32.2. The lowest BCUT2D eigenvalue weighted by molar-refractivity contribution is -0.136. The van der Waals surface area contributed by atoms with Crippen molar-refractivity contribution in [3.05, 3.63) is 59.7 Å². The monoisotopic (exact) mass is 487 g/mol. The zero-order chi connectivity index (χ0) is 24.6. The van der Waals surface area contributed by atoms with E-state index in [2.05, 4.69) is 0 Å². The first-order valence-corrected chi connectivity index (χ1v) is 12.5. The Morgan fingerprint density at radius 1 is 0.912 bits per heavy atom. The van der Waals surface area contributed by atoms with Gasteiger partial charge in [0.05, 0.1) is 19.1 Å². The van der Waals surface area contributed by atoms with E-state index in [-0.39, 0.29) is 10.7 Å². The zero-order valence-electron chi connectivity index (χ0n) is 19.4. The van der Waals surface area contributed by atoms with Crippen LogP contribution in [0.25, 0.3) is 6.08 Å². The van der Waals surface area contributed by atoms with E-state index in [1.165, 1.54) is 48.9 Å². The molecule has 0 aliphatic carbocycles. The molecule has 0 atom stereocenters. The van der Waals surface area contributed by atoms with Crippen molar-refractivity contribution in [2.24, 2.45) is 0 Å². The minimum Gasteiger partial charge on any atom is -0.493 e. The molecule has 1 fully saturated rings. The summed E-state index contributed by atoms with van der Waals surface area (Å²) in [4.78, 5) is 24.6. The van der Waals surface area contributed by atoms with E-state index in [4.69, 9.17) is 14.2 Å². The van der Waals surface area contributed by atoms with Crippen molar-refractivity contribution in [2.75, 3.05) is 33.9 Å². The second kappa shape index (κ2) is 11.8. The van der Waals surface area contributed by atoms with Crippen LogP contribution >= 0.6 is 0 Å². The summed E-state index contributed by atoms with van der Waals surface area (Å²) in [5.41, 5.74) is 0.966. The molecule has 8 nitrogen and oxygen atoms in total. The van der Waals surface area contributed by atoms with Gasteiger partial charge in [-0.2, -0.15) is 4.31 Å². The van der Waals surface area contributed by atoms with Gasteiger partial charge in [-0.15, -0.1) is 0 Å². The molecule has 2 aromatic carbocycles. The van der Waals surface area contributed by atoms with Crippen molar-refractivity contribution in [1.29, 1.82) is 0 Å². The van der Waals surface area contributed by atoms with Crippen LogP contribution in [0.2, 0.25) is 0 Å². The number of rotatable bonds is 9. The number of carbonyl (C=O) groups is 2. The quantitative estimate of drug-likeness (QED) is 0.302. The summed E-state index contributed by atoms with van der Waals surface area (Å²) in [5, 5.41) is 0. The maximum absolute atomic E-state index is 12.8. The molecule has 9 heteroatoms. The van der Waals surface area contributed by atoms with Gasteiger partial charge in [0, 0.05) is 24.7 Å². The highest BCUT2D eigenvalue weighted by Crippen LogP contribution is 2.27. The van der Waals surface area contributed by atoms with E-state index < -0.39 is 22.6 Å². The van der Waals surface area contributed by atoms with Gasteiger partial charge in [-0.1, -0.05) is 25.0 Å². The molecule has 0 radical (unpaired) electrons. The van der Waals surface area contributed by atoms with Crippen molar-refractivity contribution in [2.45, 2.75) is 30.6 Å². The van der Waals surface area contributed by atoms with Crippen LogP contribution in [0.5, 0.6) is 11.5 Å². The van der Waals surface area contributed by atoms with Gasteiger partial charge in [-0.3, -0.25) is 4.79 Å². The van der Waals surface area contributed by atoms with E-state index in [9.17, 15) is 18.0 Å². The van der Waals surface area contributed by atoms with Crippen molar-refractivity contribution in [3.8, 4) is 11.5 Å². The fraction of sp³-hybridized carbons (Fsp3) is 0.360. The number of hydrogen-bond donors (Lipinski definition) is 0. The lowest BCUT2D eigenvalue weighted by Crippen LogP contribution is -2.31. The molecule has 0 aromatic heterocycles. The Morgan fingerprint density at radius 2 is 1.56 bits per heavy atom. The van der Waals surface area contributed by atoms with Gasteiger partial charge < -0.3 is 14.2 Å². The van der Waals surface area contributed by atoms with Crippen LogP contribution in [0.3, 0.4) is 0 Å². The number of esters is 1. The average Bonchev–Trinajstić information content (AvgIpc) is 3.16. The number of methoxy groups -OCH3 is 2. The first-order chi connectivity index (χ1) is 16.3. The molecule has 1 aliphatic heterocycles. The second-order valence-corrected chi connectivity index (χ2v) is 9.76.